The van der Waals surface area contributed by atoms with E-state index in [4.69, 9.17) is 4.74 Å². The molecule has 1 aliphatic rings. The predicted molar refractivity (Wildman–Crippen MR) is 73.9 cm³/mol. The third-order valence-corrected chi connectivity index (χ3v) is 4.45. The molecule has 0 aliphatic carbocycles. The third-order valence-electron chi connectivity index (χ3n) is 3.19. The molecule has 2 aromatic heterocycles. The van der Waals surface area contributed by atoms with Crippen LogP contribution < -0.4 is 5.32 Å². The van der Waals surface area contributed by atoms with Crippen molar-refractivity contribution < 1.29 is 4.74 Å². The zero-order valence-electron chi connectivity index (χ0n) is 10.3. The van der Waals surface area contributed by atoms with Gasteiger partial charge < -0.3 is 10.1 Å². The number of thiophene rings is 1. The van der Waals surface area contributed by atoms with E-state index in [2.05, 4.69) is 28.5 Å². The van der Waals surface area contributed by atoms with Gasteiger partial charge in [0.1, 0.15) is 0 Å². The summed E-state index contributed by atoms with van der Waals surface area (Å²) in [4.78, 5) is 6.85. The number of rotatable bonds is 3. The summed E-state index contributed by atoms with van der Waals surface area (Å²) < 4.78 is 5.83. The summed E-state index contributed by atoms with van der Waals surface area (Å²) in [5, 5.41) is 3.20. The Labute approximate surface area is 111 Å². The molecule has 1 N–H and O–H groups in total. The maximum Gasteiger partial charge on any atom is 0.0960 e. The maximum atomic E-state index is 5.83. The van der Waals surface area contributed by atoms with Gasteiger partial charge in [-0.05, 0) is 36.4 Å². The molecule has 18 heavy (non-hydrogen) atoms. The number of fused-ring (bicyclic) bond motifs is 1. The second-order valence-electron chi connectivity index (χ2n) is 4.39. The lowest BCUT2D eigenvalue weighted by Crippen LogP contribution is -2.24. The Morgan fingerprint density at radius 3 is 3.06 bits per heavy atom. The lowest BCUT2D eigenvalue weighted by atomic mass is 10.0. The monoisotopic (exact) mass is 260 g/mol. The molecular formula is C14H16N2OS. The van der Waals surface area contributed by atoms with E-state index in [1.165, 1.54) is 20.9 Å². The summed E-state index contributed by atoms with van der Waals surface area (Å²) >= 11 is 1.88. The number of pyridine rings is 1. The fraction of sp³-hybridized carbons (Fsp3) is 0.357. The number of aromatic nitrogens is 1. The van der Waals surface area contributed by atoms with Crippen molar-refractivity contribution in [3.05, 3.63) is 41.0 Å². The highest BCUT2D eigenvalue weighted by Crippen LogP contribution is 2.38. The minimum atomic E-state index is 0.200. The number of hydrogen-bond acceptors (Lipinski definition) is 4. The van der Waals surface area contributed by atoms with Gasteiger partial charge in [0.2, 0.25) is 0 Å². The van der Waals surface area contributed by atoms with Crippen LogP contribution in [0.2, 0.25) is 0 Å². The molecule has 1 aliphatic heterocycles. The van der Waals surface area contributed by atoms with Crippen LogP contribution in [0.5, 0.6) is 0 Å². The Morgan fingerprint density at radius 2 is 2.28 bits per heavy atom. The SMILES string of the molecule is CNCC1OCCc2sc(-c3ccncc3)cc21. The smallest absolute Gasteiger partial charge is 0.0960 e. The van der Waals surface area contributed by atoms with Gasteiger partial charge in [-0.2, -0.15) is 0 Å². The normalized spacial score (nSPS) is 18.6. The maximum absolute atomic E-state index is 5.83. The summed E-state index contributed by atoms with van der Waals surface area (Å²) in [5.41, 5.74) is 2.60. The van der Waals surface area contributed by atoms with Crippen molar-refractivity contribution in [1.82, 2.24) is 10.3 Å². The van der Waals surface area contributed by atoms with E-state index in [1.54, 1.807) is 0 Å². The van der Waals surface area contributed by atoms with Crippen molar-refractivity contribution in [2.24, 2.45) is 0 Å². The molecule has 0 saturated heterocycles. The van der Waals surface area contributed by atoms with Crippen molar-refractivity contribution in [2.75, 3.05) is 20.2 Å². The van der Waals surface area contributed by atoms with Crippen LogP contribution in [-0.2, 0) is 11.2 Å². The van der Waals surface area contributed by atoms with Gasteiger partial charge in [-0.1, -0.05) is 0 Å². The van der Waals surface area contributed by atoms with Crippen molar-refractivity contribution >= 4 is 11.3 Å². The first kappa shape index (κ1) is 11.8. The molecule has 0 spiro atoms. The second-order valence-corrected chi connectivity index (χ2v) is 5.53. The van der Waals surface area contributed by atoms with E-state index in [9.17, 15) is 0 Å². The molecule has 0 saturated carbocycles. The van der Waals surface area contributed by atoms with Crippen LogP contribution in [0.1, 0.15) is 16.5 Å². The van der Waals surface area contributed by atoms with E-state index in [0.29, 0.717) is 0 Å². The molecule has 2 aromatic rings. The molecule has 0 bridgehead atoms. The van der Waals surface area contributed by atoms with Gasteiger partial charge in [-0.25, -0.2) is 0 Å². The number of nitrogens with zero attached hydrogens (tertiary/aromatic N) is 1. The molecule has 0 radical (unpaired) electrons. The summed E-state index contributed by atoms with van der Waals surface area (Å²) in [5.74, 6) is 0. The largest absolute Gasteiger partial charge is 0.372 e. The molecule has 3 rings (SSSR count). The van der Waals surface area contributed by atoms with Crippen LogP contribution in [0.15, 0.2) is 30.6 Å². The lowest BCUT2D eigenvalue weighted by molar-refractivity contribution is 0.0451. The number of ether oxygens (including phenoxy) is 1. The van der Waals surface area contributed by atoms with Gasteiger partial charge in [0.15, 0.2) is 0 Å². The minimum absolute atomic E-state index is 0.200. The zero-order chi connectivity index (χ0) is 12.4. The summed E-state index contributed by atoms with van der Waals surface area (Å²) in [6.45, 7) is 1.70. The van der Waals surface area contributed by atoms with Crippen LogP contribution in [-0.4, -0.2) is 25.2 Å². The molecule has 0 aromatic carbocycles. The highest BCUT2D eigenvalue weighted by atomic mass is 32.1. The Balaban J connectivity index is 1.96. The Hall–Kier alpha value is -1.23. The number of nitrogens with one attached hydrogen (secondary N) is 1. The second kappa shape index (κ2) is 5.18. The standard InChI is InChI=1S/C14H16N2OS/c1-15-9-12-11-8-14(10-2-5-16-6-3-10)18-13(11)4-7-17-12/h2-3,5-6,8,12,15H,4,7,9H2,1H3. The van der Waals surface area contributed by atoms with Crippen molar-refractivity contribution in [3.8, 4) is 10.4 Å². The summed E-state index contributed by atoms with van der Waals surface area (Å²) in [6.07, 6.45) is 4.92. The summed E-state index contributed by atoms with van der Waals surface area (Å²) in [7, 11) is 1.97. The van der Waals surface area contributed by atoms with Crippen LogP contribution in [0.4, 0.5) is 0 Å². The van der Waals surface area contributed by atoms with Gasteiger partial charge in [0.05, 0.1) is 12.7 Å². The first-order valence-electron chi connectivity index (χ1n) is 6.17. The van der Waals surface area contributed by atoms with Crippen molar-refractivity contribution in [1.29, 1.82) is 0 Å². The molecule has 4 heteroatoms. The summed E-state index contributed by atoms with van der Waals surface area (Å²) in [6, 6.07) is 6.40. The minimum Gasteiger partial charge on any atom is -0.372 e. The predicted octanol–water partition coefficient (Wildman–Crippen LogP) is 2.64. The van der Waals surface area contributed by atoms with Crippen LogP contribution in [0.3, 0.4) is 0 Å². The molecule has 94 valence electrons. The van der Waals surface area contributed by atoms with Crippen LogP contribution in [0, 0.1) is 0 Å². The van der Waals surface area contributed by atoms with E-state index in [1.807, 2.05) is 30.8 Å². The molecule has 3 heterocycles. The Bertz CT molecular complexity index is 524. The zero-order valence-corrected chi connectivity index (χ0v) is 11.2. The first-order chi connectivity index (χ1) is 8.88. The molecule has 1 atom stereocenters. The molecule has 1 unspecified atom stereocenters. The first-order valence-corrected chi connectivity index (χ1v) is 6.99. The molecule has 0 amide bonds. The average Bonchev–Trinajstić information content (AvgIpc) is 2.85. The topological polar surface area (TPSA) is 34.1 Å². The van der Waals surface area contributed by atoms with Gasteiger partial charge >= 0.3 is 0 Å². The fourth-order valence-electron chi connectivity index (χ4n) is 2.31. The van der Waals surface area contributed by atoms with Crippen molar-refractivity contribution in [2.45, 2.75) is 12.5 Å². The quantitative estimate of drug-likeness (QED) is 0.921. The molecule has 0 fully saturated rings. The van der Waals surface area contributed by atoms with E-state index >= 15 is 0 Å². The van der Waals surface area contributed by atoms with E-state index in [0.717, 1.165) is 19.6 Å². The lowest BCUT2D eigenvalue weighted by Gasteiger charge is -2.22. The van der Waals surface area contributed by atoms with Gasteiger partial charge in [-0.15, -0.1) is 11.3 Å². The van der Waals surface area contributed by atoms with Gasteiger partial charge in [0.25, 0.3) is 0 Å². The van der Waals surface area contributed by atoms with Crippen LogP contribution >= 0.6 is 11.3 Å². The highest BCUT2D eigenvalue weighted by Gasteiger charge is 2.23. The van der Waals surface area contributed by atoms with Gasteiger partial charge in [0, 0.05) is 35.1 Å². The molecular weight excluding hydrogens is 244 g/mol. The fourth-order valence-corrected chi connectivity index (χ4v) is 3.51. The Kier molecular flexibility index (Phi) is 3.41. The van der Waals surface area contributed by atoms with E-state index < -0.39 is 0 Å². The van der Waals surface area contributed by atoms with E-state index in [-0.39, 0.29) is 6.10 Å². The Morgan fingerprint density at radius 1 is 1.44 bits per heavy atom. The number of hydrogen-bond donors (Lipinski definition) is 1. The average molecular weight is 260 g/mol. The van der Waals surface area contributed by atoms with Crippen molar-refractivity contribution in [3.63, 3.8) is 0 Å². The third kappa shape index (κ3) is 2.19. The van der Waals surface area contributed by atoms with Gasteiger partial charge in [-0.3, -0.25) is 4.98 Å². The number of likely N-dealkylation sites (N-methyl/N-ethyl adjacent to an activating group) is 1. The molecule has 3 nitrogen and oxygen atoms in total. The highest BCUT2D eigenvalue weighted by molar-refractivity contribution is 7.15. The van der Waals surface area contributed by atoms with Crippen LogP contribution in [0.25, 0.3) is 10.4 Å².